The van der Waals surface area contributed by atoms with E-state index in [4.69, 9.17) is 21.3 Å². The second-order valence-electron chi connectivity index (χ2n) is 5.56. The highest BCUT2D eigenvalue weighted by molar-refractivity contribution is 6.17. The quantitative estimate of drug-likeness (QED) is 0.795. The number of benzene rings is 1. The van der Waals surface area contributed by atoms with E-state index in [-0.39, 0.29) is 0 Å². The predicted octanol–water partition coefficient (Wildman–Crippen LogP) is 2.46. The molecule has 0 atom stereocenters. The predicted molar refractivity (Wildman–Crippen MR) is 86.2 cm³/mol. The van der Waals surface area contributed by atoms with Gasteiger partial charge in [0.15, 0.2) is 0 Å². The van der Waals surface area contributed by atoms with E-state index < -0.39 is 0 Å². The molecule has 0 N–H and O–H groups in total. The van der Waals surface area contributed by atoms with Crippen LogP contribution in [0.1, 0.15) is 11.4 Å². The summed E-state index contributed by atoms with van der Waals surface area (Å²) in [5.41, 5.74) is 3.55. The van der Waals surface area contributed by atoms with Crippen molar-refractivity contribution in [1.29, 1.82) is 0 Å². The van der Waals surface area contributed by atoms with Crippen molar-refractivity contribution in [3.63, 3.8) is 0 Å². The van der Waals surface area contributed by atoms with Crippen molar-refractivity contribution < 1.29 is 4.74 Å². The zero-order chi connectivity index (χ0) is 14.7. The van der Waals surface area contributed by atoms with Crippen LogP contribution in [0.5, 0.6) is 0 Å². The molecule has 0 unspecified atom stereocenters. The van der Waals surface area contributed by atoms with Gasteiger partial charge in [-0.25, -0.2) is 4.98 Å². The fraction of sp³-hybridized carbons (Fsp3) is 0.562. The highest BCUT2D eigenvalue weighted by Crippen LogP contribution is 2.19. The number of ether oxygens (including phenoxy) is 1. The summed E-state index contributed by atoms with van der Waals surface area (Å²) in [7, 11) is 0. The van der Waals surface area contributed by atoms with Crippen molar-refractivity contribution in [1.82, 2.24) is 14.5 Å². The zero-order valence-corrected chi connectivity index (χ0v) is 13.3. The van der Waals surface area contributed by atoms with Gasteiger partial charge in [-0.05, 0) is 24.6 Å². The van der Waals surface area contributed by atoms with Crippen molar-refractivity contribution in [3.8, 4) is 0 Å². The molecule has 1 aromatic carbocycles. The van der Waals surface area contributed by atoms with E-state index in [9.17, 15) is 0 Å². The first-order valence-electron chi connectivity index (χ1n) is 7.60. The van der Waals surface area contributed by atoms with Gasteiger partial charge in [0.1, 0.15) is 5.82 Å². The molecule has 1 aromatic heterocycles. The molecular formula is C16H22ClN3O. The van der Waals surface area contributed by atoms with Crippen LogP contribution in [-0.4, -0.2) is 53.2 Å². The van der Waals surface area contributed by atoms with Gasteiger partial charge in [0, 0.05) is 38.5 Å². The molecule has 3 rings (SSSR count). The molecule has 2 heterocycles. The summed E-state index contributed by atoms with van der Waals surface area (Å²) in [5.74, 6) is 1.71. The molecule has 0 bridgehead atoms. The van der Waals surface area contributed by atoms with E-state index in [1.165, 1.54) is 11.1 Å². The topological polar surface area (TPSA) is 30.3 Å². The number of nitrogens with zero attached hydrogens (tertiary/aromatic N) is 3. The molecule has 21 heavy (non-hydrogen) atoms. The number of hydrogen-bond acceptors (Lipinski definition) is 3. The van der Waals surface area contributed by atoms with Crippen LogP contribution in [0.15, 0.2) is 18.2 Å². The Bertz CT molecular complexity index is 605. The van der Waals surface area contributed by atoms with Gasteiger partial charge in [0.2, 0.25) is 0 Å². The zero-order valence-electron chi connectivity index (χ0n) is 12.5. The molecule has 114 valence electrons. The molecule has 1 aliphatic rings. The summed E-state index contributed by atoms with van der Waals surface area (Å²) in [6.07, 6.45) is 0.818. The lowest BCUT2D eigenvalue weighted by atomic mass is 10.2. The van der Waals surface area contributed by atoms with Gasteiger partial charge in [0.05, 0.1) is 24.2 Å². The van der Waals surface area contributed by atoms with Crippen LogP contribution in [0.2, 0.25) is 0 Å². The Morgan fingerprint density at radius 2 is 2.05 bits per heavy atom. The molecule has 0 amide bonds. The summed E-state index contributed by atoms with van der Waals surface area (Å²) in [6, 6.07) is 6.48. The fourth-order valence-electron chi connectivity index (χ4n) is 2.88. The lowest BCUT2D eigenvalue weighted by molar-refractivity contribution is 0.0364. The maximum absolute atomic E-state index is 5.94. The molecule has 0 saturated carbocycles. The maximum atomic E-state index is 5.94. The number of fused-ring (bicyclic) bond motifs is 1. The van der Waals surface area contributed by atoms with Crippen LogP contribution >= 0.6 is 11.6 Å². The minimum atomic E-state index is 0.611. The molecule has 0 spiro atoms. The Hall–Kier alpha value is -1.10. The minimum Gasteiger partial charge on any atom is -0.379 e. The molecule has 5 heteroatoms. The Morgan fingerprint density at radius 3 is 2.81 bits per heavy atom. The van der Waals surface area contributed by atoms with E-state index in [2.05, 4.69) is 34.6 Å². The Kier molecular flexibility index (Phi) is 4.78. The van der Waals surface area contributed by atoms with Crippen LogP contribution in [0.3, 0.4) is 0 Å². The number of morpholine rings is 1. The fourth-order valence-corrected chi connectivity index (χ4v) is 3.05. The van der Waals surface area contributed by atoms with Crippen LogP contribution in [-0.2, 0) is 17.7 Å². The standard InChI is InChI=1S/C16H22ClN3O/c1-13-2-3-15-14(12-13)18-16(4-5-17)20(15)7-6-19-8-10-21-11-9-19/h2-3,12H,4-11H2,1H3. The number of imidazole rings is 1. The Labute approximate surface area is 130 Å². The molecular weight excluding hydrogens is 286 g/mol. The molecule has 1 aliphatic heterocycles. The highest BCUT2D eigenvalue weighted by Gasteiger charge is 2.14. The molecule has 0 aliphatic carbocycles. The molecule has 4 nitrogen and oxygen atoms in total. The largest absolute Gasteiger partial charge is 0.379 e. The van der Waals surface area contributed by atoms with Gasteiger partial charge in [-0.1, -0.05) is 6.07 Å². The van der Waals surface area contributed by atoms with Crippen LogP contribution in [0.4, 0.5) is 0 Å². The molecule has 1 saturated heterocycles. The second-order valence-corrected chi connectivity index (χ2v) is 5.94. The van der Waals surface area contributed by atoms with Crippen LogP contribution in [0.25, 0.3) is 11.0 Å². The second kappa shape index (κ2) is 6.77. The molecule has 1 fully saturated rings. The van der Waals surface area contributed by atoms with Gasteiger partial charge in [-0.15, -0.1) is 11.6 Å². The third-order valence-corrected chi connectivity index (χ3v) is 4.23. The lowest BCUT2D eigenvalue weighted by Gasteiger charge is -2.27. The monoisotopic (exact) mass is 307 g/mol. The van der Waals surface area contributed by atoms with E-state index in [1.807, 2.05) is 0 Å². The van der Waals surface area contributed by atoms with Gasteiger partial charge >= 0.3 is 0 Å². The van der Waals surface area contributed by atoms with Crippen LogP contribution in [0, 0.1) is 6.92 Å². The van der Waals surface area contributed by atoms with Gasteiger partial charge in [-0.3, -0.25) is 4.90 Å². The van der Waals surface area contributed by atoms with Gasteiger partial charge in [0.25, 0.3) is 0 Å². The SMILES string of the molecule is Cc1ccc2c(c1)nc(CCCl)n2CCN1CCOCC1. The number of hydrogen-bond donors (Lipinski definition) is 0. The number of rotatable bonds is 5. The maximum Gasteiger partial charge on any atom is 0.111 e. The lowest BCUT2D eigenvalue weighted by Crippen LogP contribution is -2.38. The van der Waals surface area contributed by atoms with E-state index in [0.29, 0.717) is 5.88 Å². The number of aryl methyl sites for hydroxylation is 2. The number of halogens is 1. The summed E-state index contributed by atoms with van der Waals surface area (Å²) in [5, 5.41) is 0. The van der Waals surface area contributed by atoms with Crippen molar-refractivity contribution in [2.75, 3.05) is 38.7 Å². The number of aromatic nitrogens is 2. The summed E-state index contributed by atoms with van der Waals surface area (Å²) < 4.78 is 7.73. The Balaban J connectivity index is 1.82. The summed E-state index contributed by atoms with van der Waals surface area (Å²) in [6.45, 7) is 7.85. The first-order chi connectivity index (χ1) is 10.3. The minimum absolute atomic E-state index is 0.611. The summed E-state index contributed by atoms with van der Waals surface area (Å²) in [4.78, 5) is 7.21. The third kappa shape index (κ3) is 3.39. The average Bonchev–Trinajstić information content (AvgIpc) is 2.83. The van der Waals surface area contributed by atoms with Crippen molar-refractivity contribution in [3.05, 3.63) is 29.6 Å². The van der Waals surface area contributed by atoms with E-state index >= 15 is 0 Å². The van der Waals surface area contributed by atoms with Gasteiger partial charge < -0.3 is 9.30 Å². The first-order valence-corrected chi connectivity index (χ1v) is 8.13. The third-order valence-electron chi connectivity index (χ3n) is 4.04. The highest BCUT2D eigenvalue weighted by atomic mass is 35.5. The average molecular weight is 308 g/mol. The normalized spacial score (nSPS) is 16.7. The van der Waals surface area contributed by atoms with Gasteiger partial charge in [-0.2, -0.15) is 0 Å². The van der Waals surface area contributed by atoms with E-state index in [1.54, 1.807) is 0 Å². The van der Waals surface area contributed by atoms with Crippen molar-refractivity contribution in [2.45, 2.75) is 19.9 Å². The Morgan fingerprint density at radius 1 is 1.24 bits per heavy atom. The molecule has 0 radical (unpaired) electrons. The van der Waals surface area contributed by atoms with Crippen molar-refractivity contribution in [2.24, 2.45) is 0 Å². The number of alkyl halides is 1. The first kappa shape index (κ1) is 14.8. The molecule has 2 aromatic rings. The summed E-state index contributed by atoms with van der Waals surface area (Å²) >= 11 is 5.94. The van der Waals surface area contributed by atoms with Crippen molar-refractivity contribution >= 4 is 22.6 Å². The van der Waals surface area contributed by atoms with Crippen LogP contribution < -0.4 is 0 Å². The smallest absolute Gasteiger partial charge is 0.111 e. The van der Waals surface area contributed by atoms with E-state index in [0.717, 1.165) is 57.2 Å².